The lowest BCUT2D eigenvalue weighted by Crippen LogP contribution is -2.26. The molecule has 0 saturated carbocycles. The minimum atomic E-state index is -0.452. The van der Waals surface area contributed by atoms with E-state index in [1.807, 2.05) is 0 Å². The van der Waals surface area contributed by atoms with E-state index in [2.05, 4.69) is 259 Å². The van der Waals surface area contributed by atoms with Crippen molar-refractivity contribution in [1.82, 2.24) is 0 Å². The van der Waals surface area contributed by atoms with Gasteiger partial charge in [-0.1, -0.05) is 217 Å². The van der Waals surface area contributed by atoms with Crippen LogP contribution in [0.15, 0.2) is 212 Å². The smallest absolute Gasteiger partial charge is 0.0725 e. The van der Waals surface area contributed by atoms with Crippen molar-refractivity contribution < 1.29 is 0 Å². The molecule has 10 aromatic rings. The predicted molar refractivity (Wildman–Crippen MR) is 296 cm³/mol. The second-order valence-corrected chi connectivity index (χ2v) is 22.3. The lowest BCUT2D eigenvalue weighted by atomic mass is 9.69. The van der Waals surface area contributed by atoms with Crippen molar-refractivity contribution in [2.24, 2.45) is 0 Å². The first-order valence-electron chi connectivity index (χ1n) is 25.5. The summed E-state index contributed by atoms with van der Waals surface area (Å²) in [5, 5.41) is 0. The minimum Gasteiger partial charge on any atom is -0.310 e. The fourth-order valence-corrected chi connectivity index (χ4v) is 14.6. The number of rotatable bonds is 4. The van der Waals surface area contributed by atoms with E-state index in [1.165, 1.54) is 139 Å². The van der Waals surface area contributed by atoms with E-state index in [4.69, 9.17) is 0 Å². The van der Waals surface area contributed by atoms with Crippen molar-refractivity contribution in [3.05, 3.63) is 268 Å². The average Bonchev–Trinajstić information content (AvgIpc) is 4.09. The van der Waals surface area contributed by atoms with Gasteiger partial charge in [0.05, 0.1) is 5.41 Å². The van der Waals surface area contributed by atoms with Crippen molar-refractivity contribution in [2.45, 2.75) is 63.2 Å². The van der Waals surface area contributed by atoms with E-state index < -0.39 is 5.41 Å². The maximum absolute atomic E-state index is 2.65. The van der Waals surface area contributed by atoms with Crippen molar-refractivity contribution in [3.8, 4) is 66.8 Å². The molecule has 0 fully saturated rings. The van der Waals surface area contributed by atoms with Gasteiger partial charge in [0, 0.05) is 33.3 Å². The first-order valence-corrected chi connectivity index (χ1v) is 25.5. The third kappa shape index (κ3) is 5.06. The highest BCUT2D eigenvalue weighted by Crippen LogP contribution is 2.67. The van der Waals surface area contributed by atoms with Crippen LogP contribution in [0.2, 0.25) is 0 Å². The maximum atomic E-state index is 2.65. The molecule has 1 spiro atoms. The Kier molecular flexibility index (Phi) is 7.98. The third-order valence-electron chi connectivity index (χ3n) is 17.9. The highest BCUT2D eigenvalue weighted by molar-refractivity contribution is 6.07. The van der Waals surface area contributed by atoms with E-state index in [0.717, 1.165) is 0 Å². The molecule has 0 aliphatic heterocycles. The third-order valence-corrected chi connectivity index (χ3v) is 17.9. The Morgan fingerprint density at radius 2 is 0.563 bits per heavy atom. The first kappa shape index (κ1) is 40.8. The van der Waals surface area contributed by atoms with Crippen molar-refractivity contribution >= 4 is 17.1 Å². The fraction of sp³-hybridized carbons (Fsp3) is 0.143. The number of benzene rings is 10. The molecular formula is C70H53N. The lowest BCUT2D eigenvalue weighted by Gasteiger charge is -2.32. The number of fused-ring (bicyclic) bond motifs is 19. The number of anilines is 3. The topological polar surface area (TPSA) is 3.24 Å². The standard InChI is InChI=1S/C70H53N/c1-67(2)54-27-15-10-22-46(54)50-35-32-43(38-59(50)67)71(44-33-36-51-47-23-11-16-28-55(47)68(3,4)60(51)39-44)45-34-37-53-61(40-45)69(5,6)62-41-63-66(64(65(53)62)42-20-8-7-9-21-42)52-26-14-19-31-58(52)70(63)56-29-17-12-24-48(56)49-25-13-18-30-57(49)70/h7-41H,1-6H3. The van der Waals surface area contributed by atoms with Crippen molar-refractivity contribution in [1.29, 1.82) is 0 Å². The molecule has 10 aromatic carbocycles. The van der Waals surface area contributed by atoms with Gasteiger partial charge in [0.2, 0.25) is 0 Å². The molecule has 0 atom stereocenters. The van der Waals surface area contributed by atoms with Crippen LogP contribution in [0.25, 0.3) is 66.8 Å². The van der Waals surface area contributed by atoms with E-state index in [9.17, 15) is 0 Å². The summed E-state index contributed by atoms with van der Waals surface area (Å²) in [5.41, 5.74) is 32.2. The predicted octanol–water partition coefficient (Wildman–Crippen LogP) is 18.1. The van der Waals surface area contributed by atoms with Gasteiger partial charge in [-0.2, -0.15) is 0 Å². The van der Waals surface area contributed by atoms with Crippen LogP contribution in [0.5, 0.6) is 0 Å². The number of nitrogens with zero attached hydrogens (tertiary/aromatic N) is 1. The molecule has 338 valence electrons. The monoisotopic (exact) mass is 907 g/mol. The number of hydrogen-bond donors (Lipinski definition) is 0. The largest absolute Gasteiger partial charge is 0.310 e. The highest BCUT2D eigenvalue weighted by atomic mass is 15.1. The van der Waals surface area contributed by atoms with Crippen LogP contribution in [-0.2, 0) is 21.7 Å². The average molecular weight is 908 g/mol. The molecule has 0 saturated heterocycles. The maximum Gasteiger partial charge on any atom is 0.0725 e. The molecule has 15 rings (SSSR count). The van der Waals surface area contributed by atoms with Gasteiger partial charge < -0.3 is 4.90 Å². The lowest BCUT2D eigenvalue weighted by molar-refractivity contribution is 0.657. The van der Waals surface area contributed by atoms with E-state index >= 15 is 0 Å². The summed E-state index contributed by atoms with van der Waals surface area (Å²) < 4.78 is 0. The van der Waals surface area contributed by atoms with Crippen LogP contribution in [0.1, 0.15) is 97.2 Å². The second-order valence-electron chi connectivity index (χ2n) is 22.3. The van der Waals surface area contributed by atoms with Gasteiger partial charge in [-0.15, -0.1) is 0 Å². The second kappa shape index (κ2) is 13.9. The van der Waals surface area contributed by atoms with E-state index in [1.54, 1.807) is 0 Å². The Morgan fingerprint density at radius 1 is 0.239 bits per heavy atom. The summed E-state index contributed by atoms with van der Waals surface area (Å²) in [5.74, 6) is 0. The van der Waals surface area contributed by atoms with Gasteiger partial charge in [-0.3, -0.25) is 0 Å². The zero-order valence-corrected chi connectivity index (χ0v) is 41.2. The summed E-state index contributed by atoms with van der Waals surface area (Å²) in [6.45, 7) is 14.5. The molecule has 0 aromatic heterocycles. The molecule has 5 aliphatic carbocycles. The van der Waals surface area contributed by atoms with Crippen LogP contribution in [0.4, 0.5) is 17.1 Å². The van der Waals surface area contributed by atoms with Gasteiger partial charge in [-0.05, 0) is 159 Å². The van der Waals surface area contributed by atoms with Crippen molar-refractivity contribution in [3.63, 3.8) is 0 Å². The normalized spacial score (nSPS) is 16.2. The summed E-state index contributed by atoms with van der Waals surface area (Å²) in [7, 11) is 0. The molecule has 1 nitrogen and oxygen atoms in total. The molecule has 1 heteroatoms. The molecule has 0 unspecified atom stereocenters. The SMILES string of the molecule is CC1(C)c2ccccc2-c2ccc(N(c3ccc4c(c3)C(C)(C)c3ccccc3-4)c3ccc4c(c3)C(C)(C)c3cc5c(c(-c6ccccc6)c3-4)-c3ccccc3C53c4ccccc4-c4ccccc43)cc21. The van der Waals surface area contributed by atoms with Gasteiger partial charge in [-0.25, -0.2) is 0 Å². The van der Waals surface area contributed by atoms with Gasteiger partial charge in [0.1, 0.15) is 0 Å². The molecule has 0 radical (unpaired) electrons. The van der Waals surface area contributed by atoms with Crippen LogP contribution in [-0.4, -0.2) is 0 Å². The Balaban J connectivity index is 0.979. The van der Waals surface area contributed by atoms with Gasteiger partial charge >= 0.3 is 0 Å². The molecule has 71 heavy (non-hydrogen) atoms. The first-order chi connectivity index (χ1) is 34.5. The summed E-state index contributed by atoms with van der Waals surface area (Å²) in [4.78, 5) is 2.55. The summed E-state index contributed by atoms with van der Waals surface area (Å²) in [6, 6.07) is 81.4. The Morgan fingerprint density at radius 3 is 1.06 bits per heavy atom. The van der Waals surface area contributed by atoms with Crippen LogP contribution in [0.3, 0.4) is 0 Å². The summed E-state index contributed by atoms with van der Waals surface area (Å²) in [6.07, 6.45) is 0. The molecular weight excluding hydrogens is 855 g/mol. The molecule has 0 bridgehead atoms. The number of hydrogen-bond acceptors (Lipinski definition) is 1. The highest BCUT2D eigenvalue weighted by Gasteiger charge is 2.54. The van der Waals surface area contributed by atoms with Crippen LogP contribution in [0, 0.1) is 0 Å². The van der Waals surface area contributed by atoms with E-state index in [-0.39, 0.29) is 16.2 Å². The molecule has 0 heterocycles. The molecule has 0 amide bonds. The Labute approximate surface area is 417 Å². The van der Waals surface area contributed by atoms with Crippen molar-refractivity contribution in [2.75, 3.05) is 4.90 Å². The quantitative estimate of drug-likeness (QED) is 0.170. The van der Waals surface area contributed by atoms with Crippen LogP contribution < -0.4 is 4.90 Å². The zero-order valence-electron chi connectivity index (χ0n) is 41.2. The molecule has 0 N–H and O–H groups in total. The van der Waals surface area contributed by atoms with Gasteiger partial charge in [0.15, 0.2) is 0 Å². The Hall–Kier alpha value is -8.00. The van der Waals surface area contributed by atoms with Crippen LogP contribution >= 0.6 is 0 Å². The summed E-state index contributed by atoms with van der Waals surface area (Å²) >= 11 is 0. The van der Waals surface area contributed by atoms with Gasteiger partial charge in [0.25, 0.3) is 0 Å². The fourth-order valence-electron chi connectivity index (χ4n) is 14.6. The minimum absolute atomic E-state index is 0.138. The zero-order chi connectivity index (χ0) is 47.8. The molecule has 5 aliphatic rings. The van der Waals surface area contributed by atoms with E-state index in [0.29, 0.717) is 0 Å². The Bertz CT molecular complexity index is 3820.